The summed E-state index contributed by atoms with van der Waals surface area (Å²) in [4.78, 5) is 17.4. The standard InChI is InChI=1S/C23H22FN3O2S/c24-17-10-13(3-4-14(17)11-27-8-1-2-15(25)12-27)20-19(28)6-5-18-21(20)16-7-9-30-22(16)23(29)26-18/h3-7,9-10,15,28H,1-2,8,11-12,25H2,(H,26,29). The third-order valence-electron chi connectivity index (χ3n) is 5.85. The molecular formula is C23H22FN3O2S. The first-order valence-electron chi connectivity index (χ1n) is 10.0. The lowest BCUT2D eigenvalue weighted by atomic mass is 9.96. The summed E-state index contributed by atoms with van der Waals surface area (Å²) in [5.74, 6) is -0.259. The van der Waals surface area contributed by atoms with Crippen molar-refractivity contribution in [1.29, 1.82) is 0 Å². The van der Waals surface area contributed by atoms with Gasteiger partial charge in [0.25, 0.3) is 5.56 Å². The number of nitrogens with one attached hydrogen (secondary N) is 1. The minimum Gasteiger partial charge on any atom is -0.507 e. The van der Waals surface area contributed by atoms with Gasteiger partial charge in [-0.1, -0.05) is 12.1 Å². The molecule has 3 heterocycles. The number of aromatic hydroxyl groups is 1. The van der Waals surface area contributed by atoms with Crippen LogP contribution in [-0.2, 0) is 6.54 Å². The van der Waals surface area contributed by atoms with E-state index in [0.717, 1.165) is 36.7 Å². The predicted octanol–water partition coefficient (Wildman–Crippen LogP) is 4.18. The van der Waals surface area contributed by atoms with Crippen LogP contribution in [-0.4, -0.2) is 34.1 Å². The lowest BCUT2D eigenvalue weighted by Crippen LogP contribution is -2.42. The van der Waals surface area contributed by atoms with Gasteiger partial charge in [-0.3, -0.25) is 9.69 Å². The molecule has 1 fully saturated rings. The molecule has 5 nitrogen and oxygen atoms in total. The average Bonchev–Trinajstić information content (AvgIpc) is 3.21. The fraction of sp³-hybridized carbons (Fsp3) is 0.261. The summed E-state index contributed by atoms with van der Waals surface area (Å²) in [6.07, 6.45) is 2.04. The summed E-state index contributed by atoms with van der Waals surface area (Å²) in [6.45, 7) is 2.21. The Kier molecular flexibility index (Phi) is 4.81. The molecule has 1 unspecified atom stereocenters. The van der Waals surface area contributed by atoms with E-state index in [9.17, 15) is 9.90 Å². The first-order chi connectivity index (χ1) is 14.5. The molecule has 4 aromatic rings. The highest BCUT2D eigenvalue weighted by Gasteiger charge is 2.20. The minimum absolute atomic E-state index is 0.0520. The van der Waals surface area contributed by atoms with Gasteiger partial charge >= 0.3 is 0 Å². The molecule has 4 N–H and O–H groups in total. The van der Waals surface area contributed by atoms with E-state index in [1.54, 1.807) is 12.1 Å². The number of piperidine rings is 1. The maximum absolute atomic E-state index is 15.0. The number of phenols is 1. The summed E-state index contributed by atoms with van der Waals surface area (Å²) < 4.78 is 15.6. The number of likely N-dealkylation sites (tertiary alicyclic amines) is 1. The monoisotopic (exact) mass is 423 g/mol. The molecular weight excluding hydrogens is 401 g/mol. The van der Waals surface area contributed by atoms with Crippen LogP contribution in [0.1, 0.15) is 18.4 Å². The van der Waals surface area contributed by atoms with Crippen molar-refractivity contribution in [2.45, 2.75) is 25.4 Å². The Labute approximate surface area is 176 Å². The lowest BCUT2D eigenvalue weighted by Gasteiger charge is -2.30. The molecule has 7 heteroatoms. The molecule has 0 spiro atoms. The lowest BCUT2D eigenvalue weighted by molar-refractivity contribution is 0.199. The van der Waals surface area contributed by atoms with E-state index in [4.69, 9.17) is 5.73 Å². The number of pyridine rings is 1. The summed E-state index contributed by atoms with van der Waals surface area (Å²) in [7, 11) is 0. The van der Waals surface area contributed by atoms with E-state index in [1.165, 1.54) is 23.5 Å². The van der Waals surface area contributed by atoms with Crippen molar-refractivity contribution in [2.75, 3.05) is 13.1 Å². The Morgan fingerprint density at radius 2 is 2.13 bits per heavy atom. The molecule has 2 aromatic heterocycles. The molecule has 1 saturated heterocycles. The molecule has 0 bridgehead atoms. The van der Waals surface area contributed by atoms with E-state index in [0.29, 0.717) is 33.5 Å². The number of halogens is 1. The van der Waals surface area contributed by atoms with Gasteiger partial charge < -0.3 is 15.8 Å². The highest BCUT2D eigenvalue weighted by Crippen LogP contribution is 2.40. The average molecular weight is 424 g/mol. The van der Waals surface area contributed by atoms with E-state index in [2.05, 4.69) is 9.88 Å². The number of fused-ring (bicyclic) bond motifs is 3. The van der Waals surface area contributed by atoms with Crippen LogP contribution in [0.2, 0.25) is 0 Å². The largest absolute Gasteiger partial charge is 0.507 e. The minimum atomic E-state index is -0.311. The Balaban J connectivity index is 1.60. The quantitative estimate of drug-likeness (QED) is 0.462. The van der Waals surface area contributed by atoms with Crippen LogP contribution in [0.3, 0.4) is 0 Å². The predicted molar refractivity (Wildman–Crippen MR) is 119 cm³/mol. The highest BCUT2D eigenvalue weighted by molar-refractivity contribution is 7.17. The van der Waals surface area contributed by atoms with Crippen molar-refractivity contribution in [2.24, 2.45) is 5.73 Å². The fourth-order valence-corrected chi connectivity index (χ4v) is 5.23. The number of rotatable bonds is 3. The first-order valence-corrected chi connectivity index (χ1v) is 10.9. The fourth-order valence-electron chi connectivity index (χ4n) is 4.44. The van der Waals surface area contributed by atoms with Crippen molar-refractivity contribution < 1.29 is 9.50 Å². The number of nitrogens with zero attached hydrogens (tertiary/aromatic N) is 1. The second-order valence-corrected chi connectivity index (χ2v) is 8.86. The maximum atomic E-state index is 15.0. The van der Waals surface area contributed by atoms with Crippen LogP contribution < -0.4 is 11.3 Å². The second-order valence-electron chi connectivity index (χ2n) is 7.94. The van der Waals surface area contributed by atoms with Gasteiger partial charge in [0.05, 0.1) is 0 Å². The number of aromatic amines is 1. The molecule has 2 aromatic carbocycles. The van der Waals surface area contributed by atoms with E-state index in [-0.39, 0.29) is 23.2 Å². The number of benzene rings is 2. The van der Waals surface area contributed by atoms with Crippen LogP contribution in [0, 0.1) is 5.82 Å². The Morgan fingerprint density at radius 3 is 2.93 bits per heavy atom. The SMILES string of the molecule is NC1CCCN(Cc2ccc(-c3c(O)ccc4[nH]c(=O)c5sccc5c34)cc2F)C1. The normalized spacial score (nSPS) is 17.7. The molecule has 1 aliphatic heterocycles. The Hall–Kier alpha value is -2.74. The highest BCUT2D eigenvalue weighted by atomic mass is 32.1. The van der Waals surface area contributed by atoms with Crippen molar-refractivity contribution >= 4 is 32.3 Å². The van der Waals surface area contributed by atoms with Gasteiger partial charge in [-0.2, -0.15) is 0 Å². The van der Waals surface area contributed by atoms with E-state index in [1.807, 2.05) is 17.5 Å². The maximum Gasteiger partial charge on any atom is 0.266 e. The van der Waals surface area contributed by atoms with Crippen LogP contribution in [0.4, 0.5) is 4.39 Å². The van der Waals surface area contributed by atoms with Gasteiger partial charge in [-0.05, 0) is 54.6 Å². The molecule has 1 atom stereocenters. The van der Waals surface area contributed by atoms with E-state index < -0.39 is 0 Å². The van der Waals surface area contributed by atoms with Crippen molar-refractivity contribution in [3.8, 4) is 16.9 Å². The Bertz CT molecular complexity index is 1310. The number of hydrogen-bond donors (Lipinski definition) is 3. The second kappa shape index (κ2) is 7.50. The molecule has 154 valence electrons. The Morgan fingerprint density at radius 1 is 1.27 bits per heavy atom. The number of phenolic OH excluding ortho intramolecular Hbond substituents is 1. The number of nitrogens with two attached hydrogens (primary N) is 1. The zero-order valence-electron chi connectivity index (χ0n) is 16.3. The summed E-state index contributed by atoms with van der Waals surface area (Å²) >= 11 is 1.35. The summed E-state index contributed by atoms with van der Waals surface area (Å²) in [5.41, 5.74) is 8.22. The van der Waals surface area contributed by atoms with Gasteiger partial charge in [-0.25, -0.2) is 4.39 Å². The molecule has 30 heavy (non-hydrogen) atoms. The van der Waals surface area contributed by atoms with Gasteiger partial charge in [0.2, 0.25) is 0 Å². The number of H-pyrrole nitrogens is 1. The van der Waals surface area contributed by atoms with Crippen LogP contribution in [0.15, 0.2) is 46.6 Å². The zero-order chi connectivity index (χ0) is 20.8. The third kappa shape index (κ3) is 3.29. The molecule has 1 aliphatic rings. The number of aromatic nitrogens is 1. The molecule has 5 rings (SSSR count). The third-order valence-corrected chi connectivity index (χ3v) is 6.76. The van der Waals surface area contributed by atoms with Gasteiger partial charge in [0, 0.05) is 46.5 Å². The van der Waals surface area contributed by atoms with Gasteiger partial charge in [0.1, 0.15) is 16.3 Å². The molecule has 0 aliphatic carbocycles. The van der Waals surface area contributed by atoms with Gasteiger partial charge in [-0.15, -0.1) is 11.3 Å². The topological polar surface area (TPSA) is 82.3 Å². The van der Waals surface area contributed by atoms with Crippen molar-refractivity contribution in [1.82, 2.24) is 9.88 Å². The van der Waals surface area contributed by atoms with Crippen molar-refractivity contribution in [3.63, 3.8) is 0 Å². The smallest absolute Gasteiger partial charge is 0.266 e. The zero-order valence-corrected chi connectivity index (χ0v) is 17.1. The first kappa shape index (κ1) is 19.2. The molecule has 0 amide bonds. The van der Waals surface area contributed by atoms with Crippen LogP contribution in [0.5, 0.6) is 5.75 Å². The summed E-state index contributed by atoms with van der Waals surface area (Å²) in [5, 5.41) is 14.0. The summed E-state index contributed by atoms with van der Waals surface area (Å²) in [6, 6.07) is 10.3. The number of hydrogen-bond acceptors (Lipinski definition) is 5. The van der Waals surface area contributed by atoms with Crippen LogP contribution >= 0.6 is 11.3 Å². The van der Waals surface area contributed by atoms with E-state index >= 15 is 4.39 Å². The van der Waals surface area contributed by atoms with Crippen molar-refractivity contribution in [3.05, 3.63) is 63.5 Å². The molecule has 0 radical (unpaired) electrons. The van der Waals surface area contributed by atoms with Gasteiger partial charge in [0.15, 0.2) is 0 Å². The molecule has 0 saturated carbocycles. The van der Waals surface area contributed by atoms with Crippen LogP contribution in [0.25, 0.3) is 32.1 Å². The number of thiophene rings is 1.